The summed E-state index contributed by atoms with van der Waals surface area (Å²) in [5.41, 5.74) is 1.22. The largest absolute Gasteiger partial charge is 0.421 e. The first kappa shape index (κ1) is 12.7. The standard InChI is InChI=1S/C15H12N2O2/c1-2-15(18)19-14-11-7-6-10-13(14)17-16-12-8-4-3-5-9-12/h2-11H,1H2. The lowest BCUT2D eigenvalue weighted by Gasteiger charge is -2.03. The maximum absolute atomic E-state index is 11.2. The van der Waals surface area contributed by atoms with Crippen LogP contribution in [0.15, 0.2) is 77.5 Å². The highest BCUT2D eigenvalue weighted by Gasteiger charge is 2.05. The second-order valence-corrected chi connectivity index (χ2v) is 3.63. The second kappa shape index (κ2) is 6.26. The van der Waals surface area contributed by atoms with E-state index < -0.39 is 5.97 Å². The molecular formula is C15H12N2O2. The van der Waals surface area contributed by atoms with E-state index in [4.69, 9.17) is 4.74 Å². The Balaban J connectivity index is 2.23. The fourth-order valence-corrected chi connectivity index (χ4v) is 1.38. The van der Waals surface area contributed by atoms with E-state index in [2.05, 4.69) is 16.8 Å². The van der Waals surface area contributed by atoms with Crippen molar-refractivity contribution in [3.05, 3.63) is 67.3 Å². The molecular weight excluding hydrogens is 240 g/mol. The Hall–Kier alpha value is -2.75. The van der Waals surface area contributed by atoms with E-state index in [-0.39, 0.29) is 0 Å². The van der Waals surface area contributed by atoms with Crippen molar-refractivity contribution in [3.63, 3.8) is 0 Å². The molecule has 0 fully saturated rings. The summed E-state index contributed by atoms with van der Waals surface area (Å²) in [6, 6.07) is 16.2. The zero-order chi connectivity index (χ0) is 13.5. The maximum atomic E-state index is 11.2. The highest BCUT2D eigenvalue weighted by molar-refractivity contribution is 5.84. The van der Waals surface area contributed by atoms with E-state index in [9.17, 15) is 4.79 Å². The van der Waals surface area contributed by atoms with Crippen molar-refractivity contribution in [1.82, 2.24) is 0 Å². The molecule has 0 aliphatic heterocycles. The van der Waals surface area contributed by atoms with Gasteiger partial charge in [0, 0.05) is 6.08 Å². The molecule has 0 amide bonds. The highest BCUT2D eigenvalue weighted by atomic mass is 16.5. The third-order valence-corrected chi connectivity index (χ3v) is 2.27. The molecule has 2 rings (SSSR count). The number of azo groups is 1. The minimum atomic E-state index is -0.526. The Morgan fingerprint density at radius 3 is 2.42 bits per heavy atom. The molecule has 2 aromatic carbocycles. The second-order valence-electron chi connectivity index (χ2n) is 3.63. The first-order chi connectivity index (χ1) is 9.29. The van der Waals surface area contributed by atoms with E-state index in [0.717, 1.165) is 11.8 Å². The zero-order valence-corrected chi connectivity index (χ0v) is 10.2. The molecule has 0 unspecified atom stereocenters. The molecule has 0 radical (unpaired) electrons. The van der Waals surface area contributed by atoms with E-state index >= 15 is 0 Å². The van der Waals surface area contributed by atoms with Crippen LogP contribution in [0.4, 0.5) is 11.4 Å². The number of hydrogen-bond acceptors (Lipinski definition) is 4. The Morgan fingerprint density at radius 1 is 1.00 bits per heavy atom. The monoisotopic (exact) mass is 252 g/mol. The molecule has 0 bridgehead atoms. The van der Waals surface area contributed by atoms with Crippen molar-refractivity contribution in [3.8, 4) is 5.75 Å². The number of carbonyl (C=O) groups excluding carboxylic acids is 1. The third kappa shape index (κ3) is 3.61. The van der Waals surface area contributed by atoms with Gasteiger partial charge in [0.15, 0.2) is 5.75 Å². The van der Waals surface area contributed by atoms with Gasteiger partial charge in [0.1, 0.15) is 5.69 Å². The summed E-state index contributed by atoms with van der Waals surface area (Å²) in [6.07, 6.45) is 1.10. The van der Waals surface area contributed by atoms with Crippen LogP contribution in [0.25, 0.3) is 0 Å². The Kier molecular flexibility index (Phi) is 4.18. The van der Waals surface area contributed by atoms with Crippen molar-refractivity contribution in [2.75, 3.05) is 0 Å². The molecule has 0 spiro atoms. The number of ether oxygens (including phenoxy) is 1. The Morgan fingerprint density at radius 2 is 1.68 bits per heavy atom. The number of para-hydroxylation sites is 1. The van der Waals surface area contributed by atoms with Crippen LogP contribution >= 0.6 is 0 Å². The molecule has 4 nitrogen and oxygen atoms in total. The van der Waals surface area contributed by atoms with Crippen LogP contribution in [-0.2, 0) is 4.79 Å². The van der Waals surface area contributed by atoms with Crippen molar-refractivity contribution >= 4 is 17.3 Å². The maximum Gasteiger partial charge on any atom is 0.335 e. The van der Waals surface area contributed by atoms with Crippen LogP contribution < -0.4 is 4.74 Å². The molecule has 2 aromatic rings. The van der Waals surface area contributed by atoms with Crippen molar-refractivity contribution in [1.29, 1.82) is 0 Å². The molecule has 0 aliphatic rings. The van der Waals surface area contributed by atoms with Crippen LogP contribution in [0.2, 0.25) is 0 Å². The van der Waals surface area contributed by atoms with Crippen LogP contribution in [0.5, 0.6) is 5.75 Å². The first-order valence-electron chi connectivity index (χ1n) is 5.69. The highest BCUT2D eigenvalue weighted by Crippen LogP contribution is 2.28. The van der Waals surface area contributed by atoms with Crippen LogP contribution in [0.1, 0.15) is 0 Å². The predicted octanol–water partition coefficient (Wildman–Crippen LogP) is 4.19. The van der Waals surface area contributed by atoms with E-state index in [1.807, 2.05) is 30.3 Å². The third-order valence-electron chi connectivity index (χ3n) is 2.27. The lowest BCUT2D eigenvalue weighted by atomic mass is 10.3. The number of hydrogen-bond donors (Lipinski definition) is 0. The number of benzene rings is 2. The van der Waals surface area contributed by atoms with Crippen molar-refractivity contribution in [2.24, 2.45) is 10.2 Å². The molecule has 94 valence electrons. The van der Waals surface area contributed by atoms with Gasteiger partial charge in [-0.15, -0.1) is 5.11 Å². The summed E-state index contributed by atoms with van der Waals surface area (Å²) in [6.45, 7) is 3.35. The summed E-state index contributed by atoms with van der Waals surface area (Å²) in [4.78, 5) is 11.2. The quantitative estimate of drug-likeness (QED) is 0.354. The molecule has 0 saturated carbocycles. The number of carbonyl (C=O) groups is 1. The summed E-state index contributed by atoms with van der Waals surface area (Å²) in [5, 5.41) is 8.16. The molecule has 0 aliphatic carbocycles. The average Bonchev–Trinajstić information content (AvgIpc) is 2.47. The lowest BCUT2D eigenvalue weighted by Crippen LogP contribution is -2.02. The molecule has 0 heterocycles. The lowest BCUT2D eigenvalue weighted by molar-refractivity contribution is -0.128. The van der Waals surface area contributed by atoms with Crippen molar-refractivity contribution < 1.29 is 9.53 Å². The van der Waals surface area contributed by atoms with Gasteiger partial charge < -0.3 is 4.74 Å². The number of nitrogens with zero attached hydrogens (tertiary/aromatic N) is 2. The summed E-state index contributed by atoms with van der Waals surface area (Å²) < 4.78 is 5.07. The van der Waals surface area contributed by atoms with Gasteiger partial charge >= 0.3 is 5.97 Å². The van der Waals surface area contributed by atoms with Gasteiger partial charge in [0.2, 0.25) is 0 Å². The topological polar surface area (TPSA) is 51.0 Å². The summed E-state index contributed by atoms with van der Waals surface area (Å²) >= 11 is 0. The fourth-order valence-electron chi connectivity index (χ4n) is 1.38. The van der Waals surface area contributed by atoms with E-state index in [0.29, 0.717) is 11.4 Å². The zero-order valence-electron chi connectivity index (χ0n) is 10.2. The first-order valence-corrected chi connectivity index (χ1v) is 5.69. The average molecular weight is 252 g/mol. The molecule has 0 atom stereocenters. The van der Waals surface area contributed by atoms with Gasteiger partial charge in [-0.2, -0.15) is 5.11 Å². The van der Waals surface area contributed by atoms with Gasteiger partial charge in [-0.3, -0.25) is 0 Å². The molecule has 0 N–H and O–H groups in total. The molecule has 0 aromatic heterocycles. The van der Waals surface area contributed by atoms with Gasteiger partial charge in [-0.05, 0) is 24.3 Å². The summed E-state index contributed by atoms with van der Waals surface area (Å²) in [7, 11) is 0. The van der Waals surface area contributed by atoms with E-state index in [1.54, 1.807) is 24.3 Å². The fraction of sp³-hybridized carbons (Fsp3) is 0. The normalized spacial score (nSPS) is 10.3. The molecule has 4 heteroatoms. The number of rotatable bonds is 4. The van der Waals surface area contributed by atoms with Crippen molar-refractivity contribution in [2.45, 2.75) is 0 Å². The van der Waals surface area contributed by atoms with Gasteiger partial charge in [-0.25, -0.2) is 4.79 Å². The minimum absolute atomic E-state index is 0.354. The van der Waals surface area contributed by atoms with Gasteiger partial charge in [-0.1, -0.05) is 36.9 Å². The predicted molar refractivity (Wildman–Crippen MR) is 72.9 cm³/mol. The smallest absolute Gasteiger partial charge is 0.335 e. The summed E-state index contributed by atoms with van der Waals surface area (Å²) in [5.74, 6) is -0.172. The number of esters is 1. The van der Waals surface area contributed by atoms with Crippen LogP contribution in [-0.4, -0.2) is 5.97 Å². The Bertz CT molecular complexity index is 607. The van der Waals surface area contributed by atoms with Gasteiger partial charge in [0.05, 0.1) is 5.69 Å². The SMILES string of the molecule is C=CC(=O)Oc1ccccc1N=Nc1ccccc1. The van der Waals surface area contributed by atoms with Gasteiger partial charge in [0.25, 0.3) is 0 Å². The Labute approximate surface area is 111 Å². The minimum Gasteiger partial charge on any atom is -0.421 e. The molecule has 19 heavy (non-hydrogen) atoms. The van der Waals surface area contributed by atoms with Crippen LogP contribution in [0, 0.1) is 0 Å². The van der Waals surface area contributed by atoms with E-state index in [1.165, 1.54) is 0 Å². The van der Waals surface area contributed by atoms with Crippen LogP contribution in [0.3, 0.4) is 0 Å². The molecule has 0 saturated heterocycles.